The Balaban J connectivity index is 1.67. The van der Waals surface area contributed by atoms with Crippen molar-refractivity contribution in [2.24, 2.45) is 5.92 Å². The molecule has 1 N–H and O–H groups in total. The third kappa shape index (κ3) is 1.57. The fraction of sp³-hybridized carbons (Fsp3) is 1.00. The van der Waals surface area contributed by atoms with E-state index in [1.165, 1.54) is 38.9 Å². The number of hydrogen-bond acceptors (Lipinski definition) is 2. The van der Waals surface area contributed by atoms with Crippen LogP contribution < -0.4 is 5.32 Å². The van der Waals surface area contributed by atoms with Gasteiger partial charge in [0.15, 0.2) is 0 Å². The third-order valence-electron chi connectivity index (χ3n) is 3.15. The molecule has 0 amide bonds. The molecule has 2 fully saturated rings. The predicted octanol–water partition coefficient (Wildman–Crippen LogP) is 0.690. The molecule has 64 valence electrons. The van der Waals surface area contributed by atoms with Gasteiger partial charge in [0.05, 0.1) is 0 Å². The summed E-state index contributed by atoms with van der Waals surface area (Å²) >= 11 is 0. The largest absolute Gasteiger partial charge is 0.314 e. The lowest BCUT2D eigenvalue weighted by Crippen LogP contribution is -2.56. The molecule has 1 saturated heterocycles. The second-order valence-electron chi connectivity index (χ2n) is 4.05. The molecule has 1 saturated carbocycles. The molecule has 0 bridgehead atoms. The van der Waals surface area contributed by atoms with Gasteiger partial charge in [-0.15, -0.1) is 0 Å². The van der Waals surface area contributed by atoms with Crippen molar-refractivity contribution in [1.29, 1.82) is 0 Å². The molecule has 0 atom stereocenters. The zero-order valence-electron chi connectivity index (χ0n) is 7.34. The van der Waals surface area contributed by atoms with Crippen molar-refractivity contribution in [1.82, 2.24) is 10.2 Å². The molecule has 0 aromatic carbocycles. The fourth-order valence-corrected chi connectivity index (χ4v) is 1.82. The minimum Gasteiger partial charge on any atom is -0.314 e. The quantitative estimate of drug-likeness (QED) is 0.643. The summed E-state index contributed by atoms with van der Waals surface area (Å²) in [6.07, 6.45) is 4.43. The van der Waals surface area contributed by atoms with Crippen LogP contribution in [0, 0.1) is 5.92 Å². The minimum absolute atomic E-state index is 0.843. The molecule has 1 heterocycles. The molecule has 2 aliphatic rings. The highest BCUT2D eigenvalue weighted by atomic mass is 15.2. The van der Waals surface area contributed by atoms with Crippen LogP contribution in [0.3, 0.4) is 0 Å². The predicted molar refractivity (Wildman–Crippen MR) is 46.6 cm³/mol. The Morgan fingerprint density at radius 3 is 2.45 bits per heavy atom. The van der Waals surface area contributed by atoms with Gasteiger partial charge in [-0.05, 0) is 25.8 Å². The van der Waals surface area contributed by atoms with Gasteiger partial charge in [0.2, 0.25) is 0 Å². The summed E-state index contributed by atoms with van der Waals surface area (Å²) in [5.74, 6) is 1.03. The van der Waals surface area contributed by atoms with Gasteiger partial charge >= 0.3 is 0 Å². The van der Waals surface area contributed by atoms with Crippen molar-refractivity contribution in [3.8, 4) is 0 Å². The Labute approximate surface area is 69.0 Å². The Morgan fingerprint density at radius 1 is 1.36 bits per heavy atom. The molecular weight excluding hydrogens is 136 g/mol. The second-order valence-corrected chi connectivity index (χ2v) is 4.05. The van der Waals surface area contributed by atoms with E-state index in [4.69, 9.17) is 0 Å². The Morgan fingerprint density at radius 2 is 2.09 bits per heavy atom. The van der Waals surface area contributed by atoms with E-state index in [-0.39, 0.29) is 0 Å². The molecular formula is C9H18N2. The lowest BCUT2D eigenvalue weighted by molar-refractivity contribution is 0.128. The van der Waals surface area contributed by atoms with Gasteiger partial charge in [-0.25, -0.2) is 0 Å². The van der Waals surface area contributed by atoms with E-state index in [9.17, 15) is 0 Å². The molecule has 2 heteroatoms. The van der Waals surface area contributed by atoms with Crippen LogP contribution in [0.25, 0.3) is 0 Å². The molecule has 2 rings (SSSR count). The van der Waals surface area contributed by atoms with Crippen LogP contribution in [-0.2, 0) is 0 Å². The molecule has 0 unspecified atom stereocenters. The first-order valence-electron chi connectivity index (χ1n) is 4.77. The molecule has 1 aliphatic heterocycles. The maximum atomic E-state index is 3.31. The summed E-state index contributed by atoms with van der Waals surface area (Å²) < 4.78 is 0. The van der Waals surface area contributed by atoms with Gasteiger partial charge in [-0.3, -0.25) is 0 Å². The van der Waals surface area contributed by atoms with Gasteiger partial charge in [0.1, 0.15) is 0 Å². The van der Waals surface area contributed by atoms with Crippen LogP contribution >= 0.6 is 0 Å². The SMILES string of the molecule is CN(CC1CCC1)C1CNC1. The Kier molecular flexibility index (Phi) is 2.14. The first kappa shape index (κ1) is 7.56. The van der Waals surface area contributed by atoms with Crippen molar-refractivity contribution in [2.75, 3.05) is 26.7 Å². The average Bonchev–Trinajstić information content (AvgIpc) is 1.74. The third-order valence-corrected chi connectivity index (χ3v) is 3.15. The topological polar surface area (TPSA) is 15.3 Å². The van der Waals surface area contributed by atoms with E-state index in [1.807, 2.05) is 0 Å². The molecule has 11 heavy (non-hydrogen) atoms. The standard InChI is InChI=1S/C9H18N2/c1-11(9-5-10-6-9)7-8-3-2-4-8/h8-10H,2-7H2,1H3. The van der Waals surface area contributed by atoms with Gasteiger partial charge in [0.25, 0.3) is 0 Å². The first-order valence-corrected chi connectivity index (χ1v) is 4.77. The maximum absolute atomic E-state index is 3.31. The number of nitrogens with one attached hydrogen (secondary N) is 1. The lowest BCUT2D eigenvalue weighted by Gasteiger charge is -2.39. The smallest absolute Gasteiger partial charge is 0.0342 e. The molecule has 0 aromatic rings. The number of rotatable bonds is 3. The van der Waals surface area contributed by atoms with E-state index in [0.717, 1.165) is 12.0 Å². The summed E-state index contributed by atoms with van der Waals surface area (Å²) in [4.78, 5) is 2.53. The van der Waals surface area contributed by atoms with Crippen LogP contribution in [0.4, 0.5) is 0 Å². The van der Waals surface area contributed by atoms with E-state index in [1.54, 1.807) is 0 Å². The lowest BCUT2D eigenvalue weighted by atomic mass is 9.85. The van der Waals surface area contributed by atoms with Crippen LogP contribution in [-0.4, -0.2) is 37.6 Å². The monoisotopic (exact) mass is 154 g/mol. The summed E-state index contributed by atoms with van der Waals surface area (Å²) in [6, 6.07) is 0.843. The van der Waals surface area contributed by atoms with Crippen molar-refractivity contribution in [3.05, 3.63) is 0 Å². The van der Waals surface area contributed by atoms with Gasteiger partial charge in [0, 0.05) is 25.7 Å². The molecule has 0 spiro atoms. The highest BCUT2D eigenvalue weighted by Gasteiger charge is 2.25. The second kappa shape index (κ2) is 3.11. The first-order chi connectivity index (χ1) is 5.36. The number of nitrogens with zero attached hydrogens (tertiary/aromatic N) is 1. The molecule has 2 nitrogen and oxygen atoms in total. The molecule has 0 aromatic heterocycles. The van der Waals surface area contributed by atoms with E-state index >= 15 is 0 Å². The Hall–Kier alpha value is -0.0800. The highest BCUT2D eigenvalue weighted by Crippen LogP contribution is 2.27. The van der Waals surface area contributed by atoms with Gasteiger partial charge < -0.3 is 10.2 Å². The van der Waals surface area contributed by atoms with Gasteiger partial charge in [-0.2, -0.15) is 0 Å². The van der Waals surface area contributed by atoms with E-state index in [2.05, 4.69) is 17.3 Å². The van der Waals surface area contributed by atoms with Crippen LogP contribution in [0.15, 0.2) is 0 Å². The fourth-order valence-electron chi connectivity index (χ4n) is 1.82. The highest BCUT2D eigenvalue weighted by molar-refractivity contribution is 4.84. The summed E-state index contributed by atoms with van der Waals surface area (Å²) in [5, 5.41) is 3.31. The Bertz CT molecular complexity index is 128. The molecule has 1 aliphatic carbocycles. The van der Waals surface area contributed by atoms with Crippen LogP contribution in [0.1, 0.15) is 19.3 Å². The maximum Gasteiger partial charge on any atom is 0.0342 e. The summed E-state index contributed by atoms with van der Waals surface area (Å²) in [6.45, 7) is 3.76. The van der Waals surface area contributed by atoms with Crippen molar-refractivity contribution in [2.45, 2.75) is 25.3 Å². The zero-order chi connectivity index (χ0) is 7.68. The van der Waals surface area contributed by atoms with Crippen molar-refractivity contribution >= 4 is 0 Å². The van der Waals surface area contributed by atoms with Crippen molar-refractivity contribution < 1.29 is 0 Å². The van der Waals surface area contributed by atoms with Gasteiger partial charge in [-0.1, -0.05) is 6.42 Å². The number of likely N-dealkylation sites (N-methyl/N-ethyl adjacent to an activating group) is 1. The van der Waals surface area contributed by atoms with Crippen LogP contribution in [0.2, 0.25) is 0 Å². The number of hydrogen-bond donors (Lipinski definition) is 1. The summed E-state index contributed by atoms with van der Waals surface area (Å²) in [5.41, 5.74) is 0. The van der Waals surface area contributed by atoms with Crippen molar-refractivity contribution in [3.63, 3.8) is 0 Å². The average molecular weight is 154 g/mol. The zero-order valence-corrected chi connectivity index (χ0v) is 7.34. The normalized spacial score (nSPS) is 26.7. The van der Waals surface area contributed by atoms with E-state index in [0.29, 0.717) is 0 Å². The van der Waals surface area contributed by atoms with Crippen LogP contribution in [0.5, 0.6) is 0 Å². The molecule has 0 radical (unpaired) electrons. The summed E-state index contributed by atoms with van der Waals surface area (Å²) in [7, 11) is 2.27. The van der Waals surface area contributed by atoms with E-state index < -0.39 is 0 Å². The minimum atomic E-state index is 0.843.